The van der Waals surface area contributed by atoms with Gasteiger partial charge in [-0.2, -0.15) is 9.78 Å². The summed E-state index contributed by atoms with van der Waals surface area (Å²) in [7, 11) is 0. The lowest BCUT2D eigenvalue weighted by atomic mass is 9.97. The van der Waals surface area contributed by atoms with Crippen molar-refractivity contribution in [2.45, 2.75) is 32.6 Å². The fourth-order valence-corrected chi connectivity index (χ4v) is 4.30. The monoisotopic (exact) mass is 324 g/mol. The fourth-order valence-electron chi connectivity index (χ4n) is 3.00. The van der Waals surface area contributed by atoms with E-state index in [4.69, 9.17) is 0 Å². The lowest BCUT2D eigenvalue weighted by molar-refractivity contribution is 0.698. The number of aryl methyl sites for hydroxylation is 3. The molecule has 0 atom stereocenters. The molecule has 0 bridgehead atoms. The first kappa shape index (κ1) is 14.3. The smallest absolute Gasteiger partial charge is 0.267 e. The Labute approximate surface area is 137 Å². The van der Waals surface area contributed by atoms with Crippen molar-refractivity contribution in [3.63, 3.8) is 0 Å². The average Bonchev–Trinajstić information content (AvgIpc) is 2.93. The molecular weight excluding hydrogens is 308 g/mol. The van der Waals surface area contributed by atoms with Crippen LogP contribution >= 0.6 is 11.3 Å². The van der Waals surface area contributed by atoms with Crippen molar-refractivity contribution in [3.05, 3.63) is 56.7 Å². The van der Waals surface area contributed by atoms with Gasteiger partial charge in [0.15, 0.2) is 0 Å². The van der Waals surface area contributed by atoms with E-state index in [1.165, 1.54) is 21.5 Å². The molecule has 0 radical (unpaired) electrons. The summed E-state index contributed by atoms with van der Waals surface area (Å²) in [6.07, 6.45) is 7.67. The maximum atomic E-state index is 12.9. The van der Waals surface area contributed by atoms with Crippen LogP contribution in [0.4, 0.5) is 0 Å². The summed E-state index contributed by atoms with van der Waals surface area (Å²) in [4.78, 5) is 23.9. The van der Waals surface area contributed by atoms with Gasteiger partial charge in [-0.05, 0) is 50.3 Å². The van der Waals surface area contributed by atoms with Crippen LogP contribution in [0.5, 0.6) is 0 Å². The Hall–Kier alpha value is -2.34. The molecule has 0 spiro atoms. The standard InChI is InChI=1S/C17H16N4OS/c1-11-20-16-15(13-7-2-3-8-14(13)23-16)17(22)21(11)19-10-12-6-4-5-9-18-12/h4-6,9-10H,2-3,7-8H2,1H3. The van der Waals surface area contributed by atoms with Crippen LogP contribution in [-0.4, -0.2) is 20.9 Å². The molecule has 3 aromatic heterocycles. The molecule has 0 amide bonds. The highest BCUT2D eigenvalue weighted by molar-refractivity contribution is 7.18. The van der Waals surface area contributed by atoms with E-state index < -0.39 is 0 Å². The van der Waals surface area contributed by atoms with E-state index in [2.05, 4.69) is 15.1 Å². The van der Waals surface area contributed by atoms with E-state index in [1.54, 1.807) is 23.7 Å². The van der Waals surface area contributed by atoms with E-state index >= 15 is 0 Å². The van der Waals surface area contributed by atoms with Crippen LogP contribution in [0.2, 0.25) is 0 Å². The quantitative estimate of drug-likeness (QED) is 0.681. The number of hydrogen-bond acceptors (Lipinski definition) is 5. The van der Waals surface area contributed by atoms with E-state index in [1.807, 2.05) is 25.1 Å². The zero-order chi connectivity index (χ0) is 15.8. The minimum absolute atomic E-state index is 0.0703. The van der Waals surface area contributed by atoms with Gasteiger partial charge in [-0.1, -0.05) is 6.07 Å². The maximum absolute atomic E-state index is 12.9. The number of hydrogen-bond donors (Lipinski definition) is 0. The van der Waals surface area contributed by atoms with Gasteiger partial charge >= 0.3 is 0 Å². The fraction of sp³-hybridized carbons (Fsp3) is 0.294. The SMILES string of the molecule is Cc1nc2sc3c(c2c(=O)n1N=Cc1ccccn1)CCCC3. The molecule has 23 heavy (non-hydrogen) atoms. The number of aromatic nitrogens is 3. The molecule has 0 saturated heterocycles. The second-order valence-corrected chi connectivity index (χ2v) is 6.75. The normalized spacial score (nSPS) is 14.5. The average molecular weight is 324 g/mol. The second-order valence-electron chi connectivity index (χ2n) is 5.67. The highest BCUT2D eigenvalue weighted by Gasteiger charge is 2.20. The summed E-state index contributed by atoms with van der Waals surface area (Å²) in [5.41, 5.74) is 1.83. The number of fused-ring (bicyclic) bond motifs is 3. The third kappa shape index (κ3) is 2.49. The molecule has 1 aliphatic rings. The molecule has 3 heterocycles. The summed E-state index contributed by atoms with van der Waals surface area (Å²) in [6, 6.07) is 5.59. The van der Waals surface area contributed by atoms with Gasteiger partial charge in [0, 0.05) is 11.1 Å². The minimum Gasteiger partial charge on any atom is -0.267 e. The van der Waals surface area contributed by atoms with Gasteiger partial charge in [0.2, 0.25) is 0 Å². The molecule has 116 valence electrons. The van der Waals surface area contributed by atoms with Crippen molar-refractivity contribution in [1.82, 2.24) is 14.6 Å². The van der Waals surface area contributed by atoms with Crippen LogP contribution in [0, 0.1) is 6.92 Å². The number of pyridine rings is 1. The predicted octanol–water partition coefficient (Wildman–Crippen LogP) is 2.92. The van der Waals surface area contributed by atoms with E-state index in [-0.39, 0.29) is 5.56 Å². The molecule has 0 N–H and O–H groups in total. The molecule has 5 nitrogen and oxygen atoms in total. The van der Waals surface area contributed by atoms with Crippen LogP contribution in [-0.2, 0) is 12.8 Å². The topological polar surface area (TPSA) is 60.1 Å². The Balaban J connectivity index is 1.87. The van der Waals surface area contributed by atoms with Gasteiger partial charge in [0.1, 0.15) is 10.7 Å². The van der Waals surface area contributed by atoms with E-state index in [0.717, 1.165) is 29.5 Å². The number of thiophene rings is 1. The molecule has 0 unspecified atom stereocenters. The minimum atomic E-state index is -0.0703. The summed E-state index contributed by atoms with van der Waals surface area (Å²) < 4.78 is 1.39. The van der Waals surface area contributed by atoms with Crippen molar-refractivity contribution in [3.8, 4) is 0 Å². The third-order valence-electron chi connectivity index (χ3n) is 4.12. The molecule has 3 aromatic rings. The maximum Gasteiger partial charge on any atom is 0.283 e. The Bertz CT molecular complexity index is 956. The molecule has 4 rings (SSSR count). The first-order chi connectivity index (χ1) is 11.2. The Morgan fingerprint density at radius 2 is 2.17 bits per heavy atom. The van der Waals surface area contributed by atoms with Crippen LogP contribution in [0.25, 0.3) is 10.2 Å². The zero-order valence-electron chi connectivity index (χ0n) is 12.8. The van der Waals surface area contributed by atoms with Crippen LogP contribution in [0.1, 0.15) is 34.8 Å². The summed E-state index contributed by atoms with van der Waals surface area (Å²) in [6.45, 7) is 1.81. The lowest BCUT2D eigenvalue weighted by Crippen LogP contribution is -2.21. The van der Waals surface area contributed by atoms with Crippen molar-refractivity contribution in [2.75, 3.05) is 0 Å². The van der Waals surface area contributed by atoms with Gasteiger partial charge in [-0.25, -0.2) is 4.98 Å². The van der Waals surface area contributed by atoms with Crippen LogP contribution in [0.15, 0.2) is 34.3 Å². The van der Waals surface area contributed by atoms with Crippen LogP contribution in [0.3, 0.4) is 0 Å². The highest BCUT2D eigenvalue weighted by atomic mass is 32.1. The predicted molar refractivity (Wildman–Crippen MR) is 92.5 cm³/mol. The van der Waals surface area contributed by atoms with Gasteiger partial charge in [-0.15, -0.1) is 11.3 Å². The van der Waals surface area contributed by atoms with Crippen molar-refractivity contribution >= 4 is 27.8 Å². The first-order valence-electron chi connectivity index (χ1n) is 7.73. The Kier molecular flexibility index (Phi) is 3.53. The van der Waals surface area contributed by atoms with Gasteiger partial charge in [0.05, 0.1) is 17.3 Å². The molecule has 1 aliphatic carbocycles. The third-order valence-corrected chi connectivity index (χ3v) is 5.31. The summed E-state index contributed by atoms with van der Waals surface area (Å²) in [5.74, 6) is 0.605. The molecule has 0 saturated carbocycles. The molecular formula is C17H16N4OS. The largest absolute Gasteiger partial charge is 0.283 e. The van der Waals surface area contributed by atoms with Gasteiger partial charge in [-0.3, -0.25) is 9.78 Å². The van der Waals surface area contributed by atoms with E-state index in [0.29, 0.717) is 11.5 Å². The molecule has 0 aliphatic heterocycles. The number of rotatable bonds is 2. The second kappa shape index (κ2) is 5.70. The Morgan fingerprint density at radius 3 is 3.00 bits per heavy atom. The van der Waals surface area contributed by atoms with Crippen LogP contribution < -0.4 is 5.56 Å². The lowest BCUT2D eigenvalue weighted by Gasteiger charge is -2.10. The highest BCUT2D eigenvalue weighted by Crippen LogP contribution is 2.33. The first-order valence-corrected chi connectivity index (χ1v) is 8.55. The van der Waals surface area contributed by atoms with Crippen molar-refractivity contribution in [2.24, 2.45) is 5.10 Å². The Morgan fingerprint density at radius 1 is 1.30 bits per heavy atom. The van der Waals surface area contributed by atoms with Gasteiger partial charge in [0.25, 0.3) is 5.56 Å². The van der Waals surface area contributed by atoms with E-state index in [9.17, 15) is 4.79 Å². The zero-order valence-corrected chi connectivity index (χ0v) is 13.6. The van der Waals surface area contributed by atoms with Crippen molar-refractivity contribution < 1.29 is 0 Å². The molecule has 0 fully saturated rings. The van der Waals surface area contributed by atoms with Gasteiger partial charge < -0.3 is 0 Å². The molecule has 6 heteroatoms. The number of nitrogens with zero attached hydrogens (tertiary/aromatic N) is 4. The molecule has 0 aromatic carbocycles. The summed E-state index contributed by atoms with van der Waals surface area (Å²) >= 11 is 1.66. The van der Waals surface area contributed by atoms with Crippen molar-refractivity contribution in [1.29, 1.82) is 0 Å². The summed E-state index contributed by atoms with van der Waals surface area (Å²) in [5, 5.41) is 5.07.